The van der Waals surface area contributed by atoms with E-state index in [1.165, 1.54) is 4.52 Å². The molecule has 6 heteroatoms. The highest BCUT2D eigenvalue weighted by Gasteiger charge is 2.14. The molecule has 0 bridgehead atoms. The summed E-state index contributed by atoms with van der Waals surface area (Å²) in [7, 11) is 0. The van der Waals surface area contributed by atoms with Gasteiger partial charge in [-0.05, 0) is 38.5 Å². The van der Waals surface area contributed by atoms with Crippen LogP contribution in [0.1, 0.15) is 19.5 Å². The summed E-state index contributed by atoms with van der Waals surface area (Å²) in [6.45, 7) is 5.53. The van der Waals surface area contributed by atoms with Gasteiger partial charge in [0.15, 0.2) is 5.65 Å². The van der Waals surface area contributed by atoms with E-state index < -0.39 is 0 Å². The van der Waals surface area contributed by atoms with Crippen molar-refractivity contribution < 1.29 is 4.74 Å². The van der Waals surface area contributed by atoms with Crippen molar-refractivity contribution >= 4 is 17.2 Å². The van der Waals surface area contributed by atoms with Gasteiger partial charge in [-0.25, -0.2) is 4.98 Å². The maximum Gasteiger partial charge on any atom is 0.315 e. The van der Waals surface area contributed by atoms with Crippen molar-refractivity contribution in [1.82, 2.24) is 14.6 Å². The van der Waals surface area contributed by atoms with Crippen LogP contribution in [0.3, 0.4) is 0 Å². The summed E-state index contributed by atoms with van der Waals surface area (Å²) in [6.07, 6.45) is -0.0862. The quantitative estimate of drug-likeness (QED) is 0.805. The standard InChI is InChI=1S/C16H16ClN3O2/c1-9(2)22-15-10(3)18-14-8-13(19-20(14)16(15)21)11-4-6-12(17)7-5-11/h4-9,19H,1-3H3. The summed E-state index contributed by atoms with van der Waals surface area (Å²) in [4.78, 5) is 17.0. The van der Waals surface area contributed by atoms with Gasteiger partial charge >= 0.3 is 5.56 Å². The van der Waals surface area contributed by atoms with E-state index in [-0.39, 0.29) is 17.4 Å². The number of aromatic amines is 1. The molecule has 3 aromatic rings. The molecule has 3 rings (SSSR count). The normalized spacial score (nSPS) is 11.3. The zero-order chi connectivity index (χ0) is 15.9. The Morgan fingerprint density at radius 2 is 1.95 bits per heavy atom. The maximum atomic E-state index is 12.5. The fraction of sp³-hybridized carbons (Fsp3) is 0.250. The van der Waals surface area contributed by atoms with Crippen LogP contribution in [0.4, 0.5) is 0 Å². The monoisotopic (exact) mass is 317 g/mol. The summed E-state index contributed by atoms with van der Waals surface area (Å²) >= 11 is 5.90. The van der Waals surface area contributed by atoms with E-state index in [0.717, 1.165) is 11.3 Å². The van der Waals surface area contributed by atoms with Crippen molar-refractivity contribution in [1.29, 1.82) is 0 Å². The minimum Gasteiger partial charge on any atom is -0.484 e. The first kappa shape index (κ1) is 14.7. The first-order chi connectivity index (χ1) is 10.5. The molecule has 0 aliphatic rings. The number of ether oxygens (including phenoxy) is 1. The van der Waals surface area contributed by atoms with Crippen molar-refractivity contribution in [3.63, 3.8) is 0 Å². The smallest absolute Gasteiger partial charge is 0.315 e. The van der Waals surface area contributed by atoms with E-state index in [4.69, 9.17) is 16.3 Å². The molecule has 0 amide bonds. The van der Waals surface area contributed by atoms with E-state index >= 15 is 0 Å². The fourth-order valence-corrected chi connectivity index (χ4v) is 2.39. The molecule has 0 saturated carbocycles. The molecule has 0 saturated heterocycles. The van der Waals surface area contributed by atoms with Crippen LogP contribution in [-0.2, 0) is 0 Å². The Hall–Kier alpha value is -2.27. The summed E-state index contributed by atoms with van der Waals surface area (Å²) in [6, 6.07) is 9.21. The molecular formula is C16H16ClN3O2. The molecule has 0 spiro atoms. The number of nitrogens with zero attached hydrogens (tertiary/aromatic N) is 2. The largest absolute Gasteiger partial charge is 0.484 e. The Bertz CT molecular complexity index is 879. The Labute approximate surface area is 132 Å². The second kappa shape index (κ2) is 5.50. The van der Waals surface area contributed by atoms with Gasteiger partial charge in [0, 0.05) is 11.1 Å². The number of nitrogens with one attached hydrogen (secondary N) is 1. The van der Waals surface area contributed by atoms with Gasteiger partial charge in [0.1, 0.15) is 0 Å². The number of hydrogen-bond donors (Lipinski definition) is 1. The minimum absolute atomic E-state index is 0.0862. The summed E-state index contributed by atoms with van der Waals surface area (Å²) in [5.41, 5.74) is 2.63. The lowest BCUT2D eigenvalue weighted by atomic mass is 10.2. The van der Waals surface area contributed by atoms with Gasteiger partial charge < -0.3 is 4.74 Å². The molecule has 114 valence electrons. The molecule has 0 aliphatic heterocycles. The molecule has 0 aliphatic carbocycles. The molecule has 0 atom stereocenters. The van der Waals surface area contributed by atoms with Crippen molar-refractivity contribution in [2.75, 3.05) is 0 Å². The van der Waals surface area contributed by atoms with Crippen LogP contribution in [-0.4, -0.2) is 20.7 Å². The van der Waals surface area contributed by atoms with Crippen molar-refractivity contribution in [2.24, 2.45) is 0 Å². The number of aromatic nitrogens is 3. The van der Waals surface area contributed by atoms with E-state index in [2.05, 4.69) is 10.1 Å². The molecule has 0 radical (unpaired) electrons. The molecule has 22 heavy (non-hydrogen) atoms. The average molecular weight is 318 g/mol. The first-order valence-electron chi connectivity index (χ1n) is 7.00. The third kappa shape index (κ3) is 2.60. The van der Waals surface area contributed by atoms with Gasteiger partial charge in [-0.1, -0.05) is 23.7 Å². The number of halogens is 1. The van der Waals surface area contributed by atoms with Gasteiger partial charge in [-0.3, -0.25) is 9.89 Å². The van der Waals surface area contributed by atoms with Crippen LogP contribution in [0, 0.1) is 6.92 Å². The van der Waals surface area contributed by atoms with Gasteiger partial charge in [-0.15, -0.1) is 0 Å². The van der Waals surface area contributed by atoms with Gasteiger partial charge in [0.25, 0.3) is 0 Å². The SMILES string of the molecule is Cc1nc2cc(-c3ccc(Cl)cc3)[nH]n2c(=O)c1OC(C)C. The highest BCUT2D eigenvalue weighted by molar-refractivity contribution is 6.30. The Morgan fingerprint density at radius 3 is 2.59 bits per heavy atom. The van der Waals surface area contributed by atoms with Gasteiger partial charge in [0.2, 0.25) is 5.75 Å². The van der Waals surface area contributed by atoms with Crippen LogP contribution in [0.5, 0.6) is 5.75 Å². The predicted octanol–water partition coefficient (Wildman–Crippen LogP) is 3.44. The van der Waals surface area contributed by atoms with Crippen LogP contribution < -0.4 is 10.3 Å². The maximum absolute atomic E-state index is 12.5. The lowest BCUT2D eigenvalue weighted by molar-refractivity contribution is 0.235. The Balaban J connectivity index is 2.16. The van der Waals surface area contributed by atoms with Crippen LogP contribution >= 0.6 is 11.6 Å². The Morgan fingerprint density at radius 1 is 1.27 bits per heavy atom. The number of rotatable bonds is 3. The average Bonchev–Trinajstić information content (AvgIpc) is 2.88. The zero-order valence-electron chi connectivity index (χ0n) is 12.6. The van der Waals surface area contributed by atoms with Gasteiger partial charge in [0.05, 0.1) is 17.5 Å². The van der Waals surface area contributed by atoms with Crippen molar-refractivity contribution in [2.45, 2.75) is 26.9 Å². The molecule has 1 N–H and O–H groups in total. The molecule has 2 aromatic heterocycles. The highest BCUT2D eigenvalue weighted by atomic mass is 35.5. The molecule has 0 fully saturated rings. The topological polar surface area (TPSA) is 59.4 Å². The van der Waals surface area contributed by atoms with Gasteiger partial charge in [-0.2, -0.15) is 4.52 Å². The lowest BCUT2D eigenvalue weighted by Crippen LogP contribution is -2.22. The lowest BCUT2D eigenvalue weighted by Gasteiger charge is -2.10. The first-order valence-corrected chi connectivity index (χ1v) is 7.38. The third-order valence-electron chi connectivity index (χ3n) is 3.25. The highest BCUT2D eigenvalue weighted by Crippen LogP contribution is 2.22. The van der Waals surface area contributed by atoms with Crippen LogP contribution in [0.2, 0.25) is 5.02 Å². The zero-order valence-corrected chi connectivity index (χ0v) is 13.3. The predicted molar refractivity (Wildman–Crippen MR) is 86.8 cm³/mol. The second-order valence-corrected chi connectivity index (χ2v) is 5.80. The molecular weight excluding hydrogens is 302 g/mol. The van der Waals surface area contributed by atoms with E-state index in [1.54, 1.807) is 19.1 Å². The summed E-state index contributed by atoms with van der Waals surface area (Å²) < 4.78 is 6.98. The molecule has 5 nitrogen and oxygen atoms in total. The number of aryl methyl sites for hydroxylation is 1. The minimum atomic E-state index is -0.239. The van der Waals surface area contributed by atoms with Crippen molar-refractivity contribution in [3.8, 4) is 17.0 Å². The van der Waals surface area contributed by atoms with Crippen molar-refractivity contribution in [3.05, 3.63) is 51.4 Å². The van der Waals surface area contributed by atoms with Crippen LogP contribution in [0.15, 0.2) is 35.1 Å². The molecule has 2 heterocycles. The number of hydrogen-bond acceptors (Lipinski definition) is 3. The Kier molecular flexibility index (Phi) is 3.66. The second-order valence-electron chi connectivity index (χ2n) is 5.37. The number of benzene rings is 1. The third-order valence-corrected chi connectivity index (χ3v) is 3.50. The number of fused-ring (bicyclic) bond motifs is 1. The van der Waals surface area contributed by atoms with E-state index in [0.29, 0.717) is 16.4 Å². The fourth-order valence-electron chi connectivity index (χ4n) is 2.27. The van der Waals surface area contributed by atoms with E-state index in [9.17, 15) is 4.79 Å². The number of H-pyrrole nitrogens is 1. The van der Waals surface area contributed by atoms with Crippen LogP contribution in [0.25, 0.3) is 16.9 Å². The molecule has 1 aromatic carbocycles. The summed E-state index contributed by atoms with van der Waals surface area (Å²) in [5, 5.41) is 3.72. The molecule has 0 unspecified atom stereocenters. The summed E-state index contributed by atoms with van der Waals surface area (Å²) in [5.74, 6) is 0.275. The van der Waals surface area contributed by atoms with E-state index in [1.807, 2.05) is 32.0 Å².